The van der Waals surface area contributed by atoms with Crippen LogP contribution in [0.5, 0.6) is 17.2 Å². The number of nitrogens with one attached hydrogen (secondary N) is 1. The minimum absolute atomic E-state index is 0.0521. The van der Waals surface area contributed by atoms with Crippen LogP contribution in [0.1, 0.15) is 72.3 Å². The zero-order chi connectivity index (χ0) is 32.9. The first-order chi connectivity index (χ1) is 22.9. The summed E-state index contributed by atoms with van der Waals surface area (Å²) in [6.07, 6.45) is 4.08. The highest BCUT2D eigenvalue weighted by Gasteiger charge is 2.32. The maximum absolute atomic E-state index is 13.8. The second-order valence-electron chi connectivity index (χ2n) is 12.5. The lowest BCUT2D eigenvalue weighted by atomic mass is 9.85. The van der Waals surface area contributed by atoms with Crippen molar-refractivity contribution in [3.63, 3.8) is 0 Å². The van der Waals surface area contributed by atoms with Gasteiger partial charge in [0.1, 0.15) is 17.8 Å². The van der Waals surface area contributed by atoms with Gasteiger partial charge in [-0.25, -0.2) is 0 Å². The van der Waals surface area contributed by atoms with Crippen molar-refractivity contribution in [2.45, 2.75) is 69.1 Å². The van der Waals surface area contributed by atoms with Gasteiger partial charge >= 0.3 is 0 Å². The summed E-state index contributed by atoms with van der Waals surface area (Å²) < 4.78 is 12.7. The molecule has 6 rings (SSSR count). The number of hydrogen-bond acceptors (Lipinski definition) is 9. The highest BCUT2D eigenvalue weighted by molar-refractivity contribution is 8.76. The summed E-state index contributed by atoms with van der Waals surface area (Å²) >= 11 is 0. The molecule has 0 aromatic heterocycles. The number of phenols is 2. The first-order valence-corrected chi connectivity index (χ1v) is 18.8. The standard InChI is InChI=1S/C38H43NO6S2/c1-39-38(27-6-3-5-23(19-27)22-40)45-33-21-29(42)14-9-26-11-16-32(43)37(44-2)35(26)30-15-10-24-8-13-28(41)20-31(24)36(30)34-17-12-25(33)7-4-18-46-47-34/h3,5-6,8,10-11,13,15-16,19-20,25,33-34,38-41,43H,4,7,9,12,14,17-18,21-22H2,1-2H3/t25-,33+,34+,38-/m1/s1. The Balaban J connectivity index is 1.48. The second kappa shape index (κ2) is 15.3. The summed E-state index contributed by atoms with van der Waals surface area (Å²) in [6, 6.07) is 21.0. The van der Waals surface area contributed by atoms with Gasteiger partial charge in [0.05, 0.1) is 19.8 Å². The van der Waals surface area contributed by atoms with Crippen molar-refractivity contribution in [2.75, 3.05) is 19.9 Å². The number of Topliss-reactive ketones (excluding diaryl/α,β-unsaturated/α-hetero) is 1. The highest BCUT2D eigenvalue weighted by Crippen LogP contribution is 2.52. The summed E-state index contributed by atoms with van der Waals surface area (Å²) in [5, 5.41) is 36.8. The molecule has 47 heavy (non-hydrogen) atoms. The normalized spacial score (nSPS) is 21.3. The zero-order valence-electron chi connectivity index (χ0n) is 26.9. The lowest BCUT2D eigenvalue weighted by Crippen LogP contribution is -2.33. The quantitative estimate of drug-likeness (QED) is 0.119. The van der Waals surface area contributed by atoms with E-state index < -0.39 is 6.23 Å². The Morgan fingerprint density at radius 2 is 1.85 bits per heavy atom. The Hall–Kier alpha value is -3.21. The molecule has 0 saturated carbocycles. The van der Waals surface area contributed by atoms with Gasteiger partial charge in [-0.1, -0.05) is 64.1 Å². The molecule has 4 aromatic rings. The van der Waals surface area contributed by atoms with E-state index in [0.29, 0.717) is 25.0 Å². The van der Waals surface area contributed by atoms with Gasteiger partial charge in [0.25, 0.3) is 0 Å². The van der Waals surface area contributed by atoms with Gasteiger partial charge in [0, 0.05) is 29.4 Å². The third kappa shape index (κ3) is 7.44. The Bertz CT molecular complexity index is 1730. The van der Waals surface area contributed by atoms with Gasteiger partial charge in [-0.3, -0.25) is 10.1 Å². The molecule has 248 valence electrons. The number of ketones is 1. The molecule has 0 radical (unpaired) electrons. The molecule has 1 saturated heterocycles. The molecule has 9 heteroatoms. The third-order valence-corrected chi connectivity index (χ3v) is 12.4. The molecule has 2 aliphatic rings. The van der Waals surface area contributed by atoms with Crippen LogP contribution < -0.4 is 10.1 Å². The number of fused-ring (bicyclic) bond motifs is 9. The highest BCUT2D eigenvalue weighted by atomic mass is 33.1. The largest absolute Gasteiger partial charge is 0.508 e. The number of rotatable bonds is 6. The van der Waals surface area contributed by atoms with E-state index in [-0.39, 0.29) is 41.2 Å². The average molecular weight is 674 g/mol. The van der Waals surface area contributed by atoms with Crippen LogP contribution in [0.4, 0.5) is 0 Å². The number of ether oxygens (including phenoxy) is 2. The van der Waals surface area contributed by atoms with Crippen LogP contribution in [0.3, 0.4) is 0 Å². The fraction of sp³-hybridized carbons (Fsp3) is 0.395. The number of aromatic hydroxyl groups is 2. The number of aryl methyl sites for hydroxylation is 1. The minimum Gasteiger partial charge on any atom is -0.508 e. The predicted molar refractivity (Wildman–Crippen MR) is 191 cm³/mol. The van der Waals surface area contributed by atoms with E-state index in [9.17, 15) is 20.1 Å². The topological polar surface area (TPSA) is 108 Å². The van der Waals surface area contributed by atoms with Crippen LogP contribution in [-0.2, 0) is 22.6 Å². The van der Waals surface area contributed by atoms with E-state index in [2.05, 4.69) is 17.4 Å². The molecule has 0 amide bonds. The van der Waals surface area contributed by atoms with E-state index in [1.807, 2.05) is 71.1 Å². The fourth-order valence-electron chi connectivity index (χ4n) is 7.14. The summed E-state index contributed by atoms with van der Waals surface area (Å²) in [5.41, 5.74) is 5.53. The molecule has 4 N–H and O–H groups in total. The van der Waals surface area contributed by atoms with Gasteiger partial charge in [-0.2, -0.15) is 0 Å². The Kier molecular flexibility index (Phi) is 11.0. The molecule has 1 fully saturated rings. The monoisotopic (exact) mass is 673 g/mol. The van der Waals surface area contributed by atoms with Crippen molar-refractivity contribution in [2.24, 2.45) is 5.92 Å². The number of benzene rings is 4. The summed E-state index contributed by atoms with van der Waals surface area (Å²) in [6.45, 7) is -0.0521. The first kappa shape index (κ1) is 33.7. The first-order valence-electron chi connectivity index (χ1n) is 16.4. The predicted octanol–water partition coefficient (Wildman–Crippen LogP) is 8.24. The molecular weight excluding hydrogens is 631 g/mol. The molecule has 0 unspecified atom stereocenters. The van der Waals surface area contributed by atoms with Crippen molar-refractivity contribution < 1.29 is 29.6 Å². The van der Waals surface area contributed by atoms with Crippen LogP contribution in [0.2, 0.25) is 0 Å². The number of methoxy groups -OCH3 is 1. The maximum Gasteiger partial charge on any atom is 0.168 e. The molecule has 4 atom stereocenters. The number of carbonyl (C=O) groups excluding carboxylic acids is 1. The Morgan fingerprint density at radius 1 is 1.00 bits per heavy atom. The third-order valence-electron chi connectivity index (χ3n) is 9.49. The number of aliphatic hydroxyl groups excluding tert-OH is 1. The second-order valence-corrected chi connectivity index (χ2v) is 15.1. The maximum atomic E-state index is 13.8. The lowest BCUT2D eigenvalue weighted by molar-refractivity contribution is -0.126. The smallest absolute Gasteiger partial charge is 0.168 e. The van der Waals surface area contributed by atoms with E-state index in [1.54, 1.807) is 19.2 Å². The lowest BCUT2D eigenvalue weighted by Gasteiger charge is -2.32. The van der Waals surface area contributed by atoms with E-state index >= 15 is 0 Å². The van der Waals surface area contributed by atoms with Gasteiger partial charge in [-0.05, 0) is 108 Å². The summed E-state index contributed by atoms with van der Waals surface area (Å²) in [4.78, 5) is 13.8. The van der Waals surface area contributed by atoms with Crippen molar-refractivity contribution in [1.29, 1.82) is 0 Å². The summed E-state index contributed by atoms with van der Waals surface area (Å²) in [5.74, 6) is 1.92. The van der Waals surface area contributed by atoms with Gasteiger partial charge in [-0.15, -0.1) is 0 Å². The van der Waals surface area contributed by atoms with Gasteiger partial charge in [0.2, 0.25) is 0 Å². The van der Waals surface area contributed by atoms with E-state index in [1.165, 1.54) is 0 Å². The SMILES string of the molecule is CN[C@H](O[C@H]1CC(=O)CCc2ccc(O)c(OC)c2-c2ccc3ccc(O)cc3c2[C@@H]2CC[C@H]1CCCSS2)c1cccc(CO)c1. The fourth-order valence-corrected chi connectivity index (χ4v) is 9.98. The molecule has 1 aliphatic heterocycles. The summed E-state index contributed by atoms with van der Waals surface area (Å²) in [7, 11) is 7.17. The molecule has 7 nitrogen and oxygen atoms in total. The van der Waals surface area contributed by atoms with Crippen LogP contribution in [-0.4, -0.2) is 47.1 Å². The van der Waals surface area contributed by atoms with Gasteiger partial charge in [0.15, 0.2) is 11.5 Å². The number of carbonyl (C=O) groups is 1. The molecule has 1 heterocycles. The van der Waals surface area contributed by atoms with Crippen LogP contribution in [0.15, 0.2) is 66.7 Å². The van der Waals surface area contributed by atoms with E-state index in [4.69, 9.17) is 9.47 Å². The van der Waals surface area contributed by atoms with Crippen LogP contribution >= 0.6 is 21.6 Å². The van der Waals surface area contributed by atoms with Crippen LogP contribution in [0.25, 0.3) is 21.9 Å². The molecular formula is C38H43NO6S2. The number of aliphatic hydroxyl groups is 1. The van der Waals surface area contributed by atoms with Crippen molar-refractivity contribution in [3.8, 4) is 28.4 Å². The Morgan fingerprint density at radius 3 is 2.66 bits per heavy atom. The van der Waals surface area contributed by atoms with E-state index in [0.717, 1.165) is 75.6 Å². The van der Waals surface area contributed by atoms with Crippen molar-refractivity contribution in [1.82, 2.24) is 5.32 Å². The molecule has 2 bridgehead atoms. The minimum atomic E-state index is -0.428. The zero-order valence-corrected chi connectivity index (χ0v) is 28.5. The van der Waals surface area contributed by atoms with Crippen molar-refractivity contribution in [3.05, 3.63) is 89.0 Å². The molecule has 1 aliphatic carbocycles. The number of phenolic OH excluding ortho intramolecular Hbond substituents is 2. The Labute approximate surface area is 284 Å². The number of hydrogen-bond donors (Lipinski definition) is 4. The van der Waals surface area contributed by atoms with Gasteiger partial charge < -0.3 is 24.8 Å². The van der Waals surface area contributed by atoms with Crippen LogP contribution in [0, 0.1) is 5.92 Å². The molecule has 4 aromatic carbocycles. The van der Waals surface area contributed by atoms with Crippen molar-refractivity contribution >= 4 is 38.1 Å². The average Bonchev–Trinajstić information content (AvgIpc) is 3.21. The molecule has 0 spiro atoms.